The normalized spacial score (nSPS) is 14.8. The highest BCUT2D eigenvalue weighted by molar-refractivity contribution is 5.78. The highest BCUT2D eigenvalue weighted by Crippen LogP contribution is 2.29. The van der Waals surface area contributed by atoms with Crippen molar-refractivity contribution in [2.45, 2.75) is 52.8 Å². The molecule has 2 heterocycles. The molecule has 1 aliphatic rings. The van der Waals surface area contributed by atoms with Gasteiger partial charge in [-0.2, -0.15) is 4.98 Å². The summed E-state index contributed by atoms with van der Waals surface area (Å²) >= 11 is 0. The summed E-state index contributed by atoms with van der Waals surface area (Å²) in [5.74, 6) is 2.67. The topological polar surface area (TPSA) is 89.7 Å². The number of ether oxygens (including phenoxy) is 2. The lowest BCUT2D eigenvalue weighted by molar-refractivity contribution is -0.126. The zero-order valence-corrected chi connectivity index (χ0v) is 20.9. The number of hydrogen-bond donors (Lipinski definition) is 1. The van der Waals surface area contributed by atoms with E-state index in [9.17, 15) is 4.79 Å². The van der Waals surface area contributed by atoms with Crippen molar-refractivity contribution in [3.8, 4) is 22.9 Å². The molecule has 0 spiro atoms. The molecule has 8 heteroatoms. The van der Waals surface area contributed by atoms with E-state index in [1.165, 1.54) is 5.56 Å². The number of aryl methyl sites for hydroxylation is 1. The van der Waals surface area contributed by atoms with Crippen molar-refractivity contribution >= 4 is 5.91 Å². The third-order valence-corrected chi connectivity index (χ3v) is 6.15. The van der Waals surface area contributed by atoms with Crippen LogP contribution in [0.4, 0.5) is 0 Å². The summed E-state index contributed by atoms with van der Waals surface area (Å²) in [4.78, 5) is 19.6. The Kier molecular flexibility index (Phi) is 8.02. The summed E-state index contributed by atoms with van der Waals surface area (Å²) in [6, 6.07) is 13.8. The minimum absolute atomic E-state index is 0.00231. The number of hydrogen-bond acceptors (Lipinski definition) is 7. The predicted octanol–water partition coefficient (Wildman–Crippen LogP) is 4.37. The predicted molar refractivity (Wildman–Crippen MR) is 133 cm³/mol. The van der Waals surface area contributed by atoms with Gasteiger partial charge in [0.25, 0.3) is 0 Å². The molecule has 1 aromatic heterocycles. The number of methoxy groups -OCH3 is 1. The summed E-state index contributed by atoms with van der Waals surface area (Å²) < 4.78 is 16.7. The zero-order chi connectivity index (χ0) is 24.8. The van der Waals surface area contributed by atoms with E-state index in [1.807, 2.05) is 63.2 Å². The average Bonchev–Trinajstić information content (AvgIpc) is 3.32. The molecule has 1 saturated heterocycles. The molecule has 186 valence electrons. The molecule has 0 radical (unpaired) electrons. The van der Waals surface area contributed by atoms with Crippen molar-refractivity contribution in [1.29, 1.82) is 0 Å². The van der Waals surface area contributed by atoms with Crippen molar-refractivity contribution in [1.82, 2.24) is 20.4 Å². The molecule has 0 unspecified atom stereocenters. The van der Waals surface area contributed by atoms with Crippen molar-refractivity contribution < 1.29 is 18.8 Å². The molecule has 1 N–H and O–H groups in total. The van der Waals surface area contributed by atoms with Crippen LogP contribution >= 0.6 is 0 Å². The molecule has 4 rings (SSSR count). The number of piperidine rings is 1. The highest BCUT2D eigenvalue weighted by atomic mass is 16.5. The second-order valence-corrected chi connectivity index (χ2v) is 9.30. The summed E-state index contributed by atoms with van der Waals surface area (Å²) in [6.07, 6.45) is 1.67. The highest BCUT2D eigenvalue weighted by Gasteiger charge is 2.26. The van der Waals surface area contributed by atoms with Gasteiger partial charge in [0, 0.05) is 18.0 Å². The first kappa shape index (κ1) is 24.7. The van der Waals surface area contributed by atoms with Gasteiger partial charge in [-0.15, -0.1) is 0 Å². The van der Waals surface area contributed by atoms with Gasteiger partial charge in [0.15, 0.2) is 11.5 Å². The Morgan fingerprint density at radius 2 is 1.89 bits per heavy atom. The van der Waals surface area contributed by atoms with Gasteiger partial charge in [0.1, 0.15) is 0 Å². The number of benzene rings is 2. The van der Waals surface area contributed by atoms with Gasteiger partial charge in [-0.25, -0.2) is 0 Å². The number of nitrogens with one attached hydrogen (secondary N) is 1. The summed E-state index contributed by atoms with van der Waals surface area (Å²) in [6.45, 7) is 8.68. The molecule has 8 nitrogen and oxygen atoms in total. The zero-order valence-electron chi connectivity index (χ0n) is 20.9. The van der Waals surface area contributed by atoms with Gasteiger partial charge in [-0.3, -0.25) is 9.69 Å². The van der Waals surface area contributed by atoms with Crippen LogP contribution in [-0.2, 0) is 17.9 Å². The van der Waals surface area contributed by atoms with Gasteiger partial charge in [0.05, 0.1) is 19.8 Å². The fourth-order valence-corrected chi connectivity index (χ4v) is 4.19. The number of amides is 1. The molecule has 1 aliphatic heterocycles. The maximum absolute atomic E-state index is 12.8. The van der Waals surface area contributed by atoms with Crippen LogP contribution in [0.5, 0.6) is 11.5 Å². The van der Waals surface area contributed by atoms with Crippen LogP contribution in [0.2, 0.25) is 0 Å². The van der Waals surface area contributed by atoms with Crippen LogP contribution in [0, 0.1) is 12.8 Å². The number of carbonyl (C=O) groups is 1. The summed E-state index contributed by atoms with van der Waals surface area (Å²) in [5.41, 5.74) is 3.11. The monoisotopic (exact) mass is 478 g/mol. The molecule has 1 amide bonds. The van der Waals surface area contributed by atoms with E-state index in [-0.39, 0.29) is 17.9 Å². The number of carbonyl (C=O) groups excluding carboxylic acids is 1. The maximum atomic E-state index is 12.8. The Morgan fingerprint density at radius 3 is 2.57 bits per heavy atom. The molecule has 0 aliphatic carbocycles. The molecule has 1 fully saturated rings. The third kappa shape index (κ3) is 6.60. The van der Waals surface area contributed by atoms with Crippen LogP contribution in [0.3, 0.4) is 0 Å². The quantitative estimate of drug-likeness (QED) is 0.488. The van der Waals surface area contributed by atoms with Gasteiger partial charge < -0.3 is 19.3 Å². The van der Waals surface area contributed by atoms with Crippen LogP contribution in [-0.4, -0.2) is 47.3 Å². The molecule has 3 aromatic rings. The van der Waals surface area contributed by atoms with Crippen LogP contribution in [0.25, 0.3) is 11.4 Å². The van der Waals surface area contributed by atoms with Crippen molar-refractivity contribution in [2.75, 3.05) is 20.2 Å². The Labute approximate surface area is 206 Å². The molecular weight excluding hydrogens is 444 g/mol. The van der Waals surface area contributed by atoms with Crippen molar-refractivity contribution in [3.05, 3.63) is 59.5 Å². The molecule has 0 atom stereocenters. The first-order chi connectivity index (χ1) is 16.9. The number of likely N-dealkylation sites (tertiary alicyclic amines) is 1. The third-order valence-electron chi connectivity index (χ3n) is 6.15. The summed E-state index contributed by atoms with van der Waals surface area (Å²) in [7, 11) is 1.62. The van der Waals surface area contributed by atoms with Crippen molar-refractivity contribution in [2.24, 2.45) is 5.92 Å². The fraction of sp³-hybridized carbons (Fsp3) is 0.444. The Bertz CT molecular complexity index is 1120. The fourth-order valence-electron chi connectivity index (χ4n) is 4.19. The summed E-state index contributed by atoms with van der Waals surface area (Å²) in [5, 5.41) is 7.19. The van der Waals surface area contributed by atoms with E-state index in [0.29, 0.717) is 36.3 Å². The first-order valence-electron chi connectivity index (χ1n) is 12.1. The standard InChI is InChI=1S/C27H34N4O4/c1-18(2)34-23-10-7-20(15-24(23)33-4)16-28-27(32)22-11-13-31(14-12-22)17-25-29-26(30-35-25)21-8-5-19(3)6-9-21/h5-10,15,18,22H,11-14,16-17H2,1-4H3,(H,28,32). The Hall–Kier alpha value is -3.39. The smallest absolute Gasteiger partial charge is 0.241 e. The van der Waals surface area contributed by atoms with Gasteiger partial charge >= 0.3 is 0 Å². The Morgan fingerprint density at radius 1 is 1.14 bits per heavy atom. The van der Waals surface area contributed by atoms with Crippen molar-refractivity contribution in [3.63, 3.8) is 0 Å². The molecular formula is C27H34N4O4. The second-order valence-electron chi connectivity index (χ2n) is 9.30. The van der Waals surface area contributed by atoms with E-state index in [4.69, 9.17) is 14.0 Å². The number of nitrogens with zero attached hydrogens (tertiary/aromatic N) is 3. The van der Waals surface area contributed by atoms with E-state index in [0.717, 1.165) is 37.1 Å². The van der Waals surface area contributed by atoms with E-state index < -0.39 is 0 Å². The first-order valence-corrected chi connectivity index (χ1v) is 12.1. The van der Waals surface area contributed by atoms with E-state index in [1.54, 1.807) is 7.11 Å². The molecule has 0 bridgehead atoms. The molecule has 35 heavy (non-hydrogen) atoms. The SMILES string of the molecule is COc1cc(CNC(=O)C2CCN(Cc3nc(-c4ccc(C)cc4)no3)CC2)ccc1OC(C)C. The van der Waals surface area contributed by atoms with Gasteiger partial charge in [0.2, 0.25) is 17.6 Å². The lowest BCUT2D eigenvalue weighted by Crippen LogP contribution is -2.40. The minimum atomic E-state index is 0.00231. The van der Waals surface area contributed by atoms with Gasteiger partial charge in [-0.1, -0.05) is 41.1 Å². The number of aromatic nitrogens is 2. The van der Waals surface area contributed by atoms with E-state index >= 15 is 0 Å². The molecule has 0 saturated carbocycles. The minimum Gasteiger partial charge on any atom is -0.493 e. The second kappa shape index (κ2) is 11.4. The van der Waals surface area contributed by atoms with Gasteiger partial charge in [-0.05, 0) is 64.4 Å². The Balaban J connectivity index is 1.24. The van der Waals surface area contributed by atoms with Crippen LogP contribution < -0.4 is 14.8 Å². The lowest BCUT2D eigenvalue weighted by Gasteiger charge is -2.30. The largest absolute Gasteiger partial charge is 0.493 e. The van der Waals surface area contributed by atoms with E-state index in [2.05, 4.69) is 20.4 Å². The molecule has 2 aromatic carbocycles. The number of rotatable bonds is 9. The average molecular weight is 479 g/mol. The maximum Gasteiger partial charge on any atom is 0.241 e. The lowest BCUT2D eigenvalue weighted by atomic mass is 9.96. The van der Waals surface area contributed by atoms with Crippen LogP contribution in [0.15, 0.2) is 47.0 Å². The van der Waals surface area contributed by atoms with Crippen LogP contribution in [0.1, 0.15) is 43.7 Å².